The zero-order valence-electron chi connectivity index (χ0n) is 20.8. The summed E-state index contributed by atoms with van der Waals surface area (Å²) in [6, 6.07) is 17.2. The number of hydrogen-bond donors (Lipinski definition) is 2. The van der Waals surface area contributed by atoms with E-state index in [0.717, 1.165) is 12.2 Å². The van der Waals surface area contributed by atoms with E-state index in [-0.39, 0.29) is 23.2 Å². The molecule has 1 aromatic heterocycles. The summed E-state index contributed by atoms with van der Waals surface area (Å²) in [5.41, 5.74) is 3.81. The van der Waals surface area contributed by atoms with E-state index >= 15 is 0 Å². The lowest BCUT2D eigenvalue weighted by Crippen LogP contribution is -2.47. The minimum absolute atomic E-state index is 0.116. The van der Waals surface area contributed by atoms with Crippen LogP contribution in [0.15, 0.2) is 54.7 Å². The first-order chi connectivity index (χ1) is 17.2. The highest BCUT2D eigenvalue weighted by Crippen LogP contribution is 2.39. The number of fused-ring (bicyclic) bond motifs is 1. The molecule has 2 amide bonds. The highest BCUT2D eigenvalue weighted by molar-refractivity contribution is 6.15. The Labute approximate surface area is 210 Å². The summed E-state index contributed by atoms with van der Waals surface area (Å²) in [5, 5.41) is 19.8. The Bertz CT molecular complexity index is 1340. The van der Waals surface area contributed by atoms with E-state index in [1.54, 1.807) is 33.8 Å². The molecule has 184 valence electrons. The summed E-state index contributed by atoms with van der Waals surface area (Å²) in [4.78, 5) is 28.4. The zero-order chi connectivity index (χ0) is 25.4. The summed E-state index contributed by atoms with van der Waals surface area (Å²) in [6.45, 7) is 7.85. The maximum absolute atomic E-state index is 13.6. The van der Waals surface area contributed by atoms with Gasteiger partial charge in [0.1, 0.15) is 5.69 Å². The van der Waals surface area contributed by atoms with Gasteiger partial charge in [-0.15, -0.1) is 0 Å². The second-order valence-corrected chi connectivity index (χ2v) is 10.6. The minimum Gasteiger partial charge on any atom is -0.322 e. The Kier molecular flexibility index (Phi) is 6.10. The lowest BCUT2D eigenvalue weighted by atomic mass is 9.68. The predicted octanol–water partition coefficient (Wildman–Crippen LogP) is 4.33. The van der Waals surface area contributed by atoms with E-state index in [2.05, 4.69) is 35.6 Å². The number of aromatic nitrogens is 2. The van der Waals surface area contributed by atoms with E-state index in [1.807, 2.05) is 31.2 Å². The van der Waals surface area contributed by atoms with Gasteiger partial charge >= 0.3 is 0 Å². The van der Waals surface area contributed by atoms with Gasteiger partial charge in [-0.05, 0) is 61.1 Å². The maximum atomic E-state index is 13.6. The fourth-order valence-corrected chi connectivity index (χ4v) is 5.25. The van der Waals surface area contributed by atoms with Crippen LogP contribution in [0.5, 0.6) is 0 Å². The van der Waals surface area contributed by atoms with Crippen molar-refractivity contribution in [3.8, 4) is 6.07 Å². The van der Waals surface area contributed by atoms with Gasteiger partial charge in [-0.3, -0.25) is 14.3 Å². The number of carbonyl (C=O) groups excluding carboxylic acids is 2. The van der Waals surface area contributed by atoms with Crippen molar-refractivity contribution in [2.75, 3.05) is 10.2 Å². The largest absolute Gasteiger partial charge is 0.322 e. The van der Waals surface area contributed by atoms with Gasteiger partial charge in [-0.2, -0.15) is 10.4 Å². The molecule has 0 unspecified atom stereocenters. The molecule has 0 saturated heterocycles. The van der Waals surface area contributed by atoms with Crippen LogP contribution >= 0.6 is 0 Å². The fourth-order valence-electron chi connectivity index (χ4n) is 5.25. The molecule has 8 heteroatoms. The average Bonchev–Trinajstić information content (AvgIpc) is 3.26. The Balaban J connectivity index is 1.31. The number of hydrogen-bond acceptors (Lipinski definition) is 5. The monoisotopic (exact) mass is 482 g/mol. The van der Waals surface area contributed by atoms with E-state index in [0.29, 0.717) is 29.3 Å². The third-order valence-electron chi connectivity index (χ3n) is 7.04. The van der Waals surface area contributed by atoms with Gasteiger partial charge < -0.3 is 15.5 Å². The number of nitrogens with one attached hydrogen (secondary N) is 2. The zero-order valence-corrected chi connectivity index (χ0v) is 20.8. The lowest BCUT2D eigenvalue weighted by molar-refractivity contribution is 0.0933. The molecule has 2 aromatic carbocycles. The molecule has 1 fully saturated rings. The second kappa shape index (κ2) is 9.25. The van der Waals surface area contributed by atoms with Crippen molar-refractivity contribution < 1.29 is 9.59 Å². The van der Waals surface area contributed by atoms with Crippen LogP contribution in [0.2, 0.25) is 0 Å². The molecule has 1 saturated carbocycles. The number of benzene rings is 2. The molecule has 2 heterocycles. The first-order valence-corrected chi connectivity index (χ1v) is 12.3. The lowest BCUT2D eigenvalue weighted by Gasteiger charge is -2.43. The highest BCUT2D eigenvalue weighted by atomic mass is 16.2. The molecule has 0 bridgehead atoms. The van der Waals surface area contributed by atoms with Gasteiger partial charge in [0.15, 0.2) is 0 Å². The molecular weight excluding hydrogens is 452 g/mol. The smallest absolute Gasteiger partial charge is 0.277 e. The summed E-state index contributed by atoms with van der Waals surface area (Å²) < 4.78 is 1.60. The number of amides is 2. The molecule has 1 aliphatic carbocycles. The number of nitriles is 1. The topological polar surface area (TPSA) is 103 Å². The third kappa shape index (κ3) is 4.62. The van der Waals surface area contributed by atoms with Crippen LogP contribution < -0.4 is 15.5 Å². The number of nitrogens with zero attached hydrogens (tertiary/aromatic N) is 4. The maximum Gasteiger partial charge on any atom is 0.277 e. The van der Waals surface area contributed by atoms with Crippen molar-refractivity contribution in [3.05, 3.63) is 77.1 Å². The Hall–Kier alpha value is -3.96. The van der Waals surface area contributed by atoms with Crippen LogP contribution in [-0.2, 0) is 13.1 Å². The van der Waals surface area contributed by atoms with Crippen LogP contribution in [-0.4, -0.2) is 33.7 Å². The van der Waals surface area contributed by atoms with Crippen molar-refractivity contribution in [1.29, 1.82) is 5.26 Å². The van der Waals surface area contributed by atoms with Crippen molar-refractivity contribution in [2.45, 2.75) is 58.8 Å². The molecule has 5 rings (SSSR count). The van der Waals surface area contributed by atoms with Crippen LogP contribution in [0.4, 0.5) is 11.4 Å². The number of rotatable bonds is 6. The molecule has 36 heavy (non-hydrogen) atoms. The molecule has 3 aromatic rings. The van der Waals surface area contributed by atoms with Crippen molar-refractivity contribution in [1.82, 2.24) is 15.1 Å². The van der Waals surface area contributed by atoms with E-state index < -0.39 is 5.91 Å². The van der Waals surface area contributed by atoms with E-state index in [9.17, 15) is 9.59 Å². The molecular formula is C28H30N6O2. The first kappa shape index (κ1) is 23.8. The quantitative estimate of drug-likeness (QED) is 0.544. The fraction of sp³-hybridized carbons (Fsp3) is 0.357. The summed E-state index contributed by atoms with van der Waals surface area (Å²) in [7, 11) is 0. The van der Waals surface area contributed by atoms with Gasteiger partial charge in [0.05, 0.1) is 36.0 Å². The predicted molar refractivity (Wildman–Crippen MR) is 138 cm³/mol. The normalized spacial score (nSPS) is 18.8. The van der Waals surface area contributed by atoms with Crippen LogP contribution in [0.1, 0.15) is 65.6 Å². The van der Waals surface area contributed by atoms with Crippen LogP contribution in [0.25, 0.3) is 0 Å². The standard InChI is InChI=1S/C28H30N6O2/c1-18-17-33-25(24(16-31-33)26(35)32-21-6-4-5-20(11-21)14-29)27(36)34(18)23-9-7-19(8-10-23)15-30-22-12-28(2,3)13-22/h4-11,16,18,22,30H,12-13,15,17H2,1-3H3,(H,32,35)/t18-/m0/s1. The van der Waals surface area contributed by atoms with Gasteiger partial charge in [0, 0.05) is 24.0 Å². The van der Waals surface area contributed by atoms with E-state index in [4.69, 9.17) is 5.26 Å². The van der Waals surface area contributed by atoms with Gasteiger partial charge in [0.25, 0.3) is 11.8 Å². The summed E-state index contributed by atoms with van der Waals surface area (Å²) in [5.74, 6) is -0.695. The minimum atomic E-state index is -0.435. The molecule has 0 spiro atoms. The molecule has 0 radical (unpaired) electrons. The van der Waals surface area contributed by atoms with Gasteiger partial charge in [-0.25, -0.2) is 0 Å². The van der Waals surface area contributed by atoms with Gasteiger partial charge in [-0.1, -0.05) is 32.0 Å². The molecule has 2 N–H and O–H groups in total. The van der Waals surface area contributed by atoms with Crippen molar-refractivity contribution >= 4 is 23.2 Å². The van der Waals surface area contributed by atoms with Crippen molar-refractivity contribution in [3.63, 3.8) is 0 Å². The summed E-state index contributed by atoms with van der Waals surface area (Å²) >= 11 is 0. The van der Waals surface area contributed by atoms with Gasteiger partial charge in [0.2, 0.25) is 0 Å². The Morgan fingerprint density at radius 2 is 1.94 bits per heavy atom. The Morgan fingerprint density at radius 1 is 1.19 bits per heavy atom. The molecule has 2 aliphatic rings. The number of carbonyl (C=O) groups is 2. The number of anilines is 2. The highest BCUT2D eigenvalue weighted by Gasteiger charge is 2.36. The van der Waals surface area contributed by atoms with E-state index in [1.165, 1.54) is 24.6 Å². The van der Waals surface area contributed by atoms with Crippen LogP contribution in [0, 0.1) is 16.7 Å². The SMILES string of the molecule is C[C@H]1Cn2ncc(C(=O)Nc3cccc(C#N)c3)c2C(=O)N1c1ccc(CNC2CC(C)(C)C2)cc1. The van der Waals surface area contributed by atoms with Crippen LogP contribution in [0.3, 0.4) is 0 Å². The Morgan fingerprint density at radius 3 is 2.64 bits per heavy atom. The molecule has 1 atom stereocenters. The first-order valence-electron chi connectivity index (χ1n) is 12.3. The average molecular weight is 483 g/mol. The van der Waals surface area contributed by atoms with Crippen molar-refractivity contribution in [2.24, 2.45) is 5.41 Å². The second-order valence-electron chi connectivity index (χ2n) is 10.6. The molecule has 8 nitrogen and oxygen atoms in total. The summed E-state index contributed by atoms with van der Waals surface area (Å²) in [6.07, 6.45) is 3.82. The molecule has 1 aliphatic heterocycles. The third-order valence-corrected chi connectivity index (χ3v) is 7.04.